The number of carbonyl (C=O) groups is 1. The first-order valence-corrected chi connectivity index (χ1v) is 5.45. The largest absolute Gasteiger partial charge is 0.497 e. The Morgan fingerprint density at radius 3 is 2.88 bits per heavy atom. The summed E-state index contributed by atoms with van der Waals surface area (Å²) in [6.45, 7) is 2.64. The van der Waals surface area contributed by atoms with Crippen LogP contribution < -0.4 is 10.1 Å². The number of carboxylic acid groups (broad SMARTS) is 1. The van der Waals surface area contributed by atoms with Crippen LogP contribution in [0.15, 0.2) is 30.4 Å². The van der Waals surface area contributed by atoms with Gasteiger partial charge in [-0.15, -0.1) is 0 Å². The average Bonchev–Trinajstić information content (AvgIpc) is 2.34. The number of methoxy groups -OCH3 is 1. The van der Waals surface area contributed by atoms with Gasteiger partial charge >= 0.3 is 5.97 Å². The van der Waals surface area contributed by atoms with Crippen molar-refractivity contribution in [3.63, 3.8) is 0 Å². The second-order valence-corrected chi connectivity index (χ2v) is 3.50. The van der Waals surface area contributed by atoms with Crippen molar-refractivity contribution in [1.82, 2.24) is 0 Å². The van der Waals surface area contributed by atoms with E-state index in [4.69, 9.17) is 9.84 Å². The van der Waals surface area contributed by atoms with Crippen molar-refractivity contribution >= 4 is 11.7 Å². The van der Waals surface area contributed by atoms with E-state index in [0.29, 0.717) is 18.0 Å². The van der Waals surface area contributed by atoms with Gasteiger partial charge in [-0.2, -0.15) is 0 Å². The number of rotatable bonds is 6. The molecule has 0 amide bonds. The Kier molecular flexibility index (Phi) is 5.07. The van der Waals surface area contributed by atoms with Gasteiger partial charge in [-0.05, 0) is 25.5 Å². The molecule has 0 saturated heterocycles. The van der Waals surface area contributed by atoms with E-state index >= 15 is 0 Å². The SMILES string of the molecule is C/C=C/CCNc1cc(OC)ccc1C(=O)O. The summed E-state index contributed by atoms with van der Waals surface area (Å²) in [5.41, 5.74) is 0.840. The highest BCUT2D eigenvalue weighted by Gasteiger charge is 2.10. The molecular weight excluding hydrogens is 218 g/mol. The first-order valence-electron chi connectivity index (χ1n) is 5.45. The molecule has 0 bridgehead atoms. The van der Waals surface area contributed by atoms with E-state index in [1.807, 2.05) is 19.1 Å². The molecular formula is C13H17NO3. The summed E-state index contributed by atoms with van der Waals surface area (Å²) in [6.07, 6.45) is 4.84. The Labute approximate surface area is 101 Å². The molecule has 0 unspecified atom stereocenters. The molecule has 0 fully saturated rings. The molecule has 1 aromatic rings. The summed E-state index contributed by atoms with van der Waals surface area (Å²) < 4.78 is 5.07. The monoisotopic (exact) mass is 235 g/mol. The van der Waals surface area contributed by atoms with Crippen molar-refractivity contribution in [2.45, 2.75) is 13.3 Å². The first-order chi connectivity index (χ1) is 8.19. The van der Waals surface area contributed by atoms with Crippen LogP contribution in [-0.2, 0) is 0 Å². The van der Waals surface area contributed by atoms with Crippen molar-refractivity contribution < 1.29 is 14.6 Å². The molecule has 2 N–H and O–H groups in total. The number of carboxylic acids is 1. The molecule has 1 rings (SSSR count). The van der Waals surface area contributed by atoms with E-state index in [9.17, 15) is 4.79 Å². The highest BCUT2D eigenvalue weighted by Crippen LogP contribution is 2.22. The van der Waals surface area contributed by atoms with Gasteiger partial charge in [-0.1, -0.05) is 12.2 Å². The van der Waals surface area contributed by atoms with Gasteiger partial charge in [0, 0.05) is 12.6 Å². The van der Waals surface area contributed by atoms with Gasteiger partial charge in [0.1, 0.15) is 5.75 Å². The molecule has 0 saturated carbocycles. The zero-order valence-corrected chi connectivity index (χ0v) is 10.1. The van der Waals surface area contributed by atoms with Gasteiger partial charge in [0.25, 0.3) is 0 Å². The highest BCUT2D eigenvalue weighted by molar-refractivity contribution is 5.94. The molecule has 0 radical (unpaired) electrons. The second kappa shape index (κ2) is 6.58. The predicted octanol–water partition coefficient (Wildman–Crippen LogP) is 2.77. The summed E-state index contributed by atoms with van der Waals surface area (Å²) in [5, 5.41) is 12.1. The number of hydrogen-bond acceptors (Lipinski definition) is 3. The van der Waals surface area contributed by atoms with Crippen LogP contribution in [0, 0.1) is 0 Å². The number of hydrogen-bond donors (Lipinski definition) is 2. The van der Waals surface area contributed by atoms with E-state index in [1.165, 1.54) is 0 Å². The van der Waals surface area contributed by atoms with Crippen LogP contribution in [0.3, 0.4) is 0 Å². The Balaban J connectivity index is 2.81. The average molecular weight is 235 g/mol. The van der Waals surface area contributed by atoms with Crippen LogP contribution in [0.2, 0.25) is 0 Å². The number of aromatic carboxylic acids is 1. The van der Waals surface area contributed by atoms with Crippen LogP contribution in [0.25, 0.3) is 0 Å². The molecule has 0 heterocycles. The summed E-state index contributed by atoms with van der Waals surface area (Å²) in [6, 6.07) is 4.87. The lowest BCUT2D eigenvalue weighted by atomic mass is 10.1. The van der Waals surface area contributed by atoms with Gasteiger partial charge in [-0.25, -0.2) is 4.79 Å². The lowest BCUT2D eigenvalue weighted by molar-refractivity contribution is 0.0698. The fourth-order valence-corrected chi connectivity index (χ4v) is 1.44. The highest BCUT2D eigenvalue weighted by atomic mass is 16.5. The zero-order valence-electron chi connectivity index (χ0n) is 10.1. The van der Waals surface area contributed by atoms with E-state index in [-0.39, 0.29) is 5.56 Å². The normalized spacial score (nSPS) is 10.5. The third kappa shape index (κ3) is 3.83. The van der Waals surface area contributed by atoms with E-state index < -0.39 is 5.97 Å². The molecule has 0 spiro atoms. The van der Waals surface area contributed by atoms with Gasteiger partial charge in [0.15, 0.2) is 0 Å². The minimum atomic E-state index is -0.943. The summed E-state index contributed by atoms with van der Waals surface area (Å²) in [5.74, 6) is -0.301. The third-order valence-electron chi connectivity index (χ3n) is 2.32. The molecule has 17 heavy (non-hydrogen) atoms. The number of allylic oxidation sites excluding steroid dienone is 1. The molecule has 0 aliphatic heterocycles. The quantitative estimate of drug-likeness (QED) is 0.588. The van der Waals surface area contributed by atoms with Crippen LogP contribution in [0.4, 0.5) is 5.69 Å². The van der Waals surface area contributed by atoms with Crippen LogP contribution in [-0.4, -0.2) is 24.7 Å². The molecule has 0 aromatic heterocycles. The number of benzene rings is 1. The van der Waals surface area contributed by atoms with Crippen LogP contribution in [0.1, 0.15) is 23.7 Å². The standard InChI is InChI=1S/C13H17NO3/c1-3-4-5-8-14-12-9-10(17-2)6-7-11(12)13(15)16/h3-4,6-7,9,14H,5,8H2,1-2H3,(H,15,16)/b4-3+. The van der Waals surface area contributed by atoms with Crippen molar-refractivity contribution in [2.75, 3.05) is 19.0 Å². The Morgan fingerprint density at radius 2 is 2.29 bits per heavy atom. The molecule has 0 atom stereocenters. The van der Waals surface area contributed by atoms with Crippen LogP contribution in [0.5, 0.6) is 5.75 Å². The molecule has 92 valence electrons. The molecule has 4 heteroatoms. The summed E-state index contributed by atoms with van der Waals surface area (Å²) >= 11 is 0. The molecule has 0 aliphatic rings. The van der Waals surface area contributed by atoms with Crippen molar-refractivity contribution in [3.8, 4) is 5.75 Å². The molecule has 0 aliphatic carbocycles. The maximum absolute atomic E-state index is 11.0. The van der Waals surface area contributed by atoms with Crippen molar-refractivity contribution in [3.05, 3.63) is 35.9 Å². The minimum Gasteiger partial charge on any atom is -0.497 e. The number of ether oxygens (including phenoxy) is 1. The first kappa shape index (κ1) is 13.1. The summed E-state index contributed by atoms with van der Waals surface area (Å²) in [7, 11) is 1.55. The van der Waals surface area contributed by atoms with Gasteiger partial charge in [-0.3, -0.25) is 0 Å². The maximum Gasteiger partial charge on any atom is 0.337 e. The van der Waals surface area contributed by atoms with Gasteiger partial charge < -0.3 is 15.2 Å². The van der Waals surface area contributed by atoms with Gasteiger partial charge in [0.2, 0.25) is 0 Å². The zero-order chi connectivity index (χ0) is 12.7. The molecule has 4 nitrogen and oxygen atoms in total. The lowest BCUT2D eigenvalue weighted by Crippen LogP contribution is -2.07. The number of nitrogens with one attached hydrogen (secondary N) is 1. The summed E-state index contributed by atoms with van der Waals surface area (Å²) in [4.78, 5) is 11.0. The van der Waals surface area contributed by atoms with Gasteiger partial charge in [0.05, 0.1) is 18.4 Å². The number of anilines is 1. The lowest BCUT2D eigenvalue weighted by Gasteiger charge is -2.10. The fraction of sp³-hybridized carbons (Fsp3) is 0.308. The Morgan fingerprint density at radius 1 is 1.53 bits per heavy atom. The minimum absolute atomic E-state index is 0.256. The smallest absolute Gasteiger partial charge is 0.337 e. The molecule has 1 aromatic carbocycles. The van der Waals surface area contributed by atoms with Crippen LogP contribution >= 0.6 is 0 Å². The van der Waals surface area contributed by atoms with Crippen molar-refractivity contribution in [2.24, 2.45) is 0 Å². The predicted molar refractivity (Wildman–Crippen MR) is 67.9 cm³/mol. The van der Waals surface area contributed by atoms with Crippen molar-refractivity contribution in [1.29, 1.82) is 0 Å². The topological polar surface area (TPSA) is 58.6 Å². The van der Waals surface area contributed by atoms with E-state index in [1.54, 1.807) is 25.3 Å². The fourth-order valence-electron chi connectivity index (χ4n) is 1.44. The maximum atomic E-state index is 11.0. The Hall–Kier alpha value is -1.97. The Bertz CT molecular complexity index is 413. The van der Waals surface area contributed by atoms with E-state index in [0.717, 1.165) is 6.42 Å². The van der Waals surface area contributed by atoms with E-state index in [2.05, 4.69) is 5.32 Å². The third-order valence-corrected chi connectivity index (χ3v) is 2.32. The second-order valence-electron chi connectivity index (χ2n) is 3.50.